The molecule has 19 heavy (non-hydrogen) atoms. The molecule has 0 aliphatic heterocycles. The molecule has 0 bridgehead atoms. The van der Waals surface area contributed by atoms with Crippen LogP contribution in [0.5, 0.6) is 11.5 Å². The summed E-state index contributed by atoms with van der Waals surface area (Å²) in [5, 5.41) is 0. The van der Waals surface area contributed by atoms with Crippen molar-refractivity contribution < 1.29 is 18.9 Å². The van der Waals surface area contributed by atoms with E-state index in [1.54, 1.807) is 14.2 Å². The maximum absolute atomic E-state index is 5.55. The largest absolute Gasteiger partial charge is 0.493 e. The topological polar surface area (TPSA) is 36.9 Å². The van der Waals surface area contributed by atoms with Crippen LogP contribution < -0.4 is 9.47 Å². The van der Waals surface area contributed by atoms with E-state index in [2.05, 4.69) is 6.92 Å². The minimum atomic E-state index is 0.553. The highest BCUT2D eigenvalue weighted by atomic mass is 16.5. The van der Waals surface area contributed by atoms with Crippen molar-refractivity contribution in [3.8, 4) is 11.5 Å². The highest BCUT2D eigenvalue weighted by Crippen LogP contribution is 2.27. The van der Waals surface area contributed by atoms with Crippen molar-refractivity contribution >= 4 is 0 Å². The second kappa shape index (κ2) is 9.64. The van der Waals surface area contributed by atoms with Gasteiger partial charge in [-0.05, 0) is 24.1 Å². The van der Waals surface area contributed by atoms with Gasteiger partial charge >= 0.3 is 0 Å². The number of methoxy groups -OCH3 is 2. The first kappa shape index (κ1) is 15.8. The maximum atomic E-state index is 5.55. The fraction of sp³-hybridized carbons (Fsp3) is 0.600. The third-order valence-corrected chi connectivity index (χ3v) is 2.73. The predicted molar refractivity (Wildman–Crippen MR) is 74.9 cm³/mol. The molecule has 4 heteroatoms. The molecule has 108 valence electrons. The average Bonchev–Trinajstić information content (AvgIpc) is 2.46. The van der Waals surface area contributed by atoms with Gasteiger partial charge in [0.25, 0.3) is 0 Å². The van der Waals surface area contributed by atoms with E-state index < -0.39 is 0 Å². The highest BCUT2D eigenvalue weighted by Gasteiger charge is 2.04. The van der Waals surface area contributed by atoms with Crippen molar-refractivity contribution in [1.29, 1.82) is 0 Å². The summed E-state index contributed by atoms with van der Waals surface area (Å²) in [6.07, 6.45) is 2.27. The second-order valence-corrected chi connectivity index (χ2v) is 4.21. The fourth-order valence-corrected chi connectivity index (χ4v) is 1.63. The number of hydrogen-bond donors (Lipinski definition) is 0. The molecule has 0 spiro atoms. The Hall–Kier alpha value is -1.26. The lowest BCUT2D eigenvalue weighted by Gasteiger charge is -2.10. The lowest BCUT2D eigenvalue weighted by atomic mass is 10.2. The van der Waals surface area contributed by atoms with Gasteiger partial charge in [0.1, 0.15) is 0 Å². The van der Waals surface area contributed by atoms with Crippen LogP contribution in [0, 0.1) is 0 Å². The molecule has 0 unspecified atom stereocenters. The van der Waals surface area contributed by atoms with Crippen molar-refractivity contribution in [3.63, 3.8) is 0 Å². The maximum Gasteiger partial charge on any atom is 0.161 e. The van der Waals surface area contributed by atoms with Crippen molar-refractivity contribution in [3.05, 3.63) is 23.8 Å². The Bertz CT molecular complexity index is 352. The van der Waals surface area contributed by atoms with Crippen LogP contribution in [0.25, 0.3) is 0 Å². The summed E-state index contributed by atoms with van der Waals surface area (Å²) in [5.41, 5.74) is 1.06. The standard InChI is InChI=1S/C15H24O4/c1-4-5-8-18-9-10-19-12-13-6-7-14(16-2)15(11-13)17-3/h6-7,11H,4-5,8-10,12H2,1-3H3. The number of unbranched alkanes of at least 4 members (excludes halogenated alkanes) is 1. The first-order valence-electron chi connectivity index (χ1n) is 6.68. The molecule has 0 saturated heterocycles. The van der Waals surface area contributed by atoms with Gasteiger partial charge in [-0.15, -0.1) is 0 Å². The highest BCUT2D eigenvalue weighted by molar-refractivity contribution is 5.42. The molecule has 0 atom stereocenters. The molecule has 0 saturated carbocycles. The summed E-state index contributed by atoms with van der Waals surface area (Å²) in [6.45, 7) is 4.77. The minimum Gasteiger partial charge on any atom is -0.493 e. The summed E-state index contributed by atoms with van der Waals surface area (Å²) < 4.78 is 21.4. The van der Waals surface area contributed by atoms with Crippen LogP contribution in [0.1, 0.15) is 25.3 Å². The van der Waals surface area contributed by atoms with E-state index in [-0.39, 0.29) is 0 Å². The molecule has 0 radical (unpaired) electrons. The number of rotatable bonds is 10. The molecule has 0 aliphatic rings. The molecule has 0 aliphatic carbocycles. The van der Waals surface area contributed by atoms with Crippen LogP contribution in [-0.4, -0.2) is 34.0 Å². The molecule has 0 fully saturated rings. The van der Waals surface area contributed by atoms with Crippen molar-refractivity contribution in [1.82, 2.24) is 0 Å². The quantitative estimate of drug-likeness (QED) is 0.611. The zero-order valence-corrected chi connectivity index (χ0v) is 12.1. The van der Waals surface area contributed by atoms with Gasteiger partial charge in [0.2, 0.25) is 0 Å². The van der Waals surface area contributed by atoms with Gasteiger partial charge in [-0.25, -0.2) is 0 Å². The molecular formula is C15H24O4. The smallest absolute Gasteiger partial charge is 0.161 e. The lowest BCUT2D eigenvalue weighted by Crippen LogP contribution is -2.05. The molecule has 0 heterocycles. The van der Waals surface area contributed by atoms with Gasteiger partial charge in [0.15, 0.2) is 11.5 Å². The van der Waals surface area contributed by atoms with E-state index in [0.29, 0.717) is 19.8 Å². The third-order valence-electron chi connectivity index (χ3n) is 2.73. The van der Waals surface area contributed by atoms with Gasteiger partial charge in [0.05, 0.1) is 34.0 Å². The molecule has 1 rings (SSSR count). The summed E-state index contributed by atoms with van der Waals surface area (Å²) in [7, 11) is 3.26. The van der Waals surface area contributed by atoms with Gasteiger partial charge < -0.3 is 18.9 Å². The molecule has 0 amide bonds. The van der Waals surface area contributed by atoms with Crippen molar-refractivity contribution in [2.75, 3.05) is 34.0 Å². The van der Waals surface area contributed by atoms with Crippen LogP contribution in [-0.2, 0) is 16.1 Å². The van der Waals surface area contributed by atoms with E-state index in [0.717, 1.165) is 36.5 Å². The molecule has 1 aromatic carbocycles. The predicted octanol–water partition coefficient (Wildman–Crippen LogP) is 3.04. The zero-order valence-electron chi connectivity index (χ0n) is 12.1. The van der Waals surface area contributed by atoms with E-state index >= 15 is 0 Å². The summed E-state index contributed by atoms with van der Waals surface area (Å²) >= 11 is 0. The Labute approximate surface area is 115 Å². The van der Waals surface area contributed by atoms with Crippen LogP contribution in [0.15, 0.2) is 18.2 Å². The van der Waals surface area contributed by atoms with Crippen LogP contribution >= 0.6 is 0 Å². The number of benzene rings is 1. The van der Waals surface area contributed by atoms with Gasteiger partial charge in [-0.1, -0.05) is 19.4 Å². The monoisotopic (exact) mass is 268 g/mol. The number of hydrogen-bond acceptors (Lipinski definition) is 4. The Balaban J connectivity index is 2.26. The lowest BCUT2D eigenvalue weighted by molar-refractivity contribution is 0.0396. The fourth-order valence-electron chi connectivity index (χ4n) is 1.63. The zero-order chi connectivity index (χ0) is 13.9. The average molecular weight is 268 g/mol. The van der Waals surface area contributed by atoms with E-state index in [1.807, 2.05) is 18.2 Å². The van der Waals surface area contributed by atoms with Gasteiger partial charge in [-0.2, -0.15) is 0 Å². The van der Waals surface area contributed by atoms with Crippen molar-refractivity contribution in [2.24, 2.45) is 0 Å². The van der Waals surface area contributed by atoms with Gasteiger partial charge in [-0.3, -0.25) is 0 Å². The SMILES string of the molecule is CCCCOCCOCc1ccc(OC)c(OC)c1. The van der Waals surface area contributed by atoms with E-state index in [1.165, 1.54) is 0 Å². The normalized spacial score (nSPS) is 10.5. The minimum absolute atomic E-state index is 0.553. The van der Waals surface area contributed by atoms with E-state index in [9.17, 15) is 0 Å². The van der Waals surface area contributed by atoms with Crippen LogP contribution in [0.4, 0.5) is 0 Å². The second-order valence-electron chi connectivity index (χ2n) is 4.21. The van der Waals surface area contributed by atoms with Gasteiger partial charge in [0, 0.05) is 6.61 Å². The van der Waals surface area contributed by atoms with Crippen LogP contribution in [0.3, 0.4) is 0 Å². The summed E-state index contributed by atoms with van der Waals surface area (Å²) in [5.74, 6) is 1.46. The molecule has 1 aromatic rings. The summed E-state index contributed by atoms with van der Waals surface area (Å²) in [6, 6.07) is 5.78. The Morgan fingerprint density at radius 1 is 0.895 bits per heavy atom. The molecule has 4 nitrogen and oxygen atoms in total. The first-order valence-corrected chi connectivity index (χ1v) is 6.68. The Morgan fingerprint density at radius 3 is 2.32 bits per heavy atom. The number of ether oxygens (including phenoxy) is 4. The van der Waals surface area contributed by atoms with Crippen molar-refractivity contribution in [2.45, 2.75) is 26.4 Å². The molecule has 0 aromatic heterocycles. The van der Waals surface area contributed by atoms with E-state index in [4.69, 9.17) is 18.9 Å². The Morgan fingerprint density at radius 2 is 1.63 bits per heavy atom. The van der Waals surface area contributed by atoms with Crippen LogP contribution in [0.2, 0.25) is 0 Å². The summed E-state index contributed by atoms with van der Waals surface area (Å²) in [4.78, 5) is 0. The molecular weight excluding hydrogens is 244 g/mol. The third kappa shape index (κ3) is 5.94. The Kier molecular flexibility index (Phi) is 8.02. The molecule has 0 N–H and O–H groups in total. The first-order chi connectivity index (χ1) is 9.31.